The number of para-hydroxylation sites is 1. The number of anilines is 1. The number of fused-ring (bicyclic) bond motifs is 1. The van der Waals surface area contributed by atoms with Crippen LogP contribution in [0.1, 0.15) is 6.42 Å². The fourth-order valence-corrected chi connectivity index (χ4v) is 2.65. The molecule has 102 valence electrons. The van der Waals surface area contributed by atoms with Crippen LogP contribution in [0.4, 0.5) is 5.82 Å². The zero-order chi connectivity index (χ0) is 13.5. The first-order chi connectivity index (χ1) is 9.31. The van der Waals surface area contributed by atoms with E-state index in [1.165, 1.54) is 0 Å². The summed E-state index contributed by atoms with van der Waals surface area (Å²) in [4.78, 5) is 8.42. The smallest absolute Gasteiger partial charge is 0.224 e. The van der Waals surface area contributed by atoms with Gasteiger partial charge in [0.2, 0.25) is 5.28 Å². The molecular formula is C13H16ClN3OS. The van der Waals surface area contributed by atoms with Crippen molar-refractivity contribution in [3.63, 3.8) is 0 Å². The van der Waals surface area contributed by atoms with Crippen molar-refractivity contribution in [2.24, 2.45) is 0 Å². The molecule has 2 N–H and O–H groups in total. The largest absolute Gasteiger partial charge is 0.396 e. The third-order valence-corrected chi connectivity index (χ3v) is 3.80. The predicted octanol–water partition coefficient (Wildman–Crippen LogP) is 2.81. The molecule has 1 aromatic carbocycles. The molecule has 0 saturated carbocycles. The summed E-state index contributed by atoms with van der Waals surface area (Å²) in [6.45, 7) is 1.07. The van der Waals surface area contributed by atoms with E-state index in [0.29, 0.717) is 0 Å². The average molecular weight is 298 g/mol. The molecule has 0 unspecified atom stereocenters. The molecule has 0 aliphatic rings. The third kappa shape index (κ3) is 4.23. The van der Waals surface area contributed by atoms with Gasteiger partial charge in [-0.3, -0.25) is 0 Å². The third-order valence-electron chi connectivity index (χ3n) is 2.56. The lowest BCUT2D eigenvalue weighted by molar-refractivity contribution is 0.296. The van der Waals surface area contributed by atoms with Crippen molar-refractivity contribution in [2.45, 2.75) is 6.42 Å². The second kappa shape index (κ2) is 7.53. The van der Waals surface area contributed by atoms with Crippen LogP contribution in [0.3, 0.4) is 0 Å². The summed E-state index contributed by atoms with van der Waals surface area (Å²) < 4.78 is 0. The lowest BCUT2D eigenvalue weighted by Crippen LogP contribution is -2.07. The summed E-state index contributed by atoms with van der Waals surface area (Å²) in [7, 11) is 0. The minimum Gasteiger partial charge on any atom is -0.396 e. The first kappa shape index (κ1) is 14.4. The number of benzene rings is 1. The van der Waals surface area contributed by atoms with Gasteiger partial charge in [0.25, 0.3) is 0 Å². The molecule has 2 rings (SSSR count). The number of nitrogens with one attached hydrogen (secondary N) is 1. The van der Waals surface area contributed by atoms with Crippen molar-refractivity contribution in [1.82, 2.24) is 9.97 Å². The molecule has 0 fully saturated rings. The van der Waals surface area contributed by atoms with Gasteiger partial charge in [0, 0.05) is 24.3 Å². The van der Waals surface area contributed by atoms with Gasteiger partial charge in [-0.1, -0.05) is 12.1 Å². The van der Waals surface area contributed by atoms with Crippen molar-refractivity contribution in [2.75, 3.05) is 30.0 Å². The van der Waals surface area contributed by atoms with Crippen LogP contribution in [0.25, 0.3) is 10.9 Å². The summed E-state index contributed by atoms with van der Waals surface area (Å²) in [6, 6.07) is 7.79. The molecule has 0 spiro atoms. The Hall–Kier alpha value is -1.04. The van der Waals surface area contributed by atoms with Crippen molar-refractivity contribution in [3.8, 4) is 0 Å². The average Bonchev–Trinajstić information content (AvgIpc) is 2.42. The maximum atomic E-state index is 8.69. The fourth-order valence-electron chi connectivity index (χ4n) is 1.69. The molecule has 19 heavy (non-hydrogen) atoms. The maximum absolute atomic E-state index is 8.69. The van der Waals surface area contributed by atoms with E-state index in [1.807, 2.05) is 36.0 Å². The zero-order valence-electron chi connectivity index (χ0n) is 10.5. The molecule has 1 aromatic heterocycles. The van der Waals surface area contributed by atoms with Gasteiger partial charge < -0.3 is 10.4 Å². The first-order valence-corrected chi connectivity index (χ1v) is 7.69. The van der Waals surface area contributed by atoms with Crippen LogP contribution in [-0.2, 0) is 0 Å². The number of aliphatic hydroxyl groups excluding tert-OH is 1. The van der Waals surface area contributed by atoms with Gasteiger partial charge in [0.05, 0.1) is 5.52 Å². The van der Waals surface area contributed by atoms with Gasteiger partial charge in [0.1, 0.15) is 5.82 Å². The van der Waals surface area contributed by atoms with E-state index in [9.17, 15) is 0 Å². The SMILES string of the molecule is OCCCSCCNc1nc(Cl)nc2ccccc12. The van der Waals surface area contributed by atoms with Crippen LogP contribution >= 0.6 is 23.4 Å². The van der Waals surface area contributed by atoms with E-state index >= 15 is 0 Å². The second-order valence-electron chi connectivity index (χ2n) is 3.97. The molecule has 0 bridgehead atoms. The van der Waals surface area contributed by atoms with Crippen LogP contribution < -0.4 is 5.32 Å². The highest BCUT2D eigenvalue weighted by Gasteiger charge is 2.05. The summed E-state index contributed by atoms with van der Waals surface area (Å²) in [5.41, 5.74) is 0.845. The van der Waals surface area contributed by atoms with Gasteiger partial charge in [-0.2, -0.15) is 11.8 Å². The summed E-state index contributed by atoms with van der Waals surface area (Å²) in [5.74, 6) is 2.72. The fraction of sp³-hybridized carbons (Fsp3) is 0.385. The summed E-state index contributed by atoms with van der Waals surface area (Å²) >= 11 is 7.72. The van der Waals surface area contributed by atoms with Crippen molar-refractivity contribution >= 4 is 40.1 Å². The van der Waals surface area contributed by atoms with E-state index in [1.54, 1.807) is 0 Å². The Bertz CT molecular complexity index is 538. The minimum atomic E-state index is 0.257. The number of nitrogens with zero attached hydrogens (tertiary/aromatic N) is 2. The van der Waals surface area contributed by atoms with Crippen LogP contribution in [0.5, 0.6) is 0 Å². The molecule has 0 aliphatic heterocycles. The normalized spacial score (nSPS) is 10.8. The molecule has 0 saturated heterocycles. The van der Waals surface area contributed by atoms with E-state index in [2.05, 4.69) is 15.3 Å². The topological polar surface area (TPSA) is 58.0 Å². The lowest BCUT2D eigenvalue weighted by atomic mass is 10.2. The molecule has 0 amide bonds. The number of hydrogen-bond donors (Lipinski definition) is 2. The van der Waals surface area contributed by atoms with Crippen LogP contribution in [0.2, 0.25) is 5.28 Å². The molecule has 0 atom stereocenters. The Kier molecular flexibility index (Phi) is 5.69. The molecule has 2 aromatic rings. The molecule has 4 nitrogen and oxygen atoms in total. The number of aliphatic hydroxyl groups is 1. The van der Waals surface area contributed by atoms with Crippen molar-refractivity contribution < 1.29 is 5.11 Å². The highest BCUT2D eigenvalue weighted by molar-refractivity contribution is 7.99. The number of hydrogen-bond acceptors (Lipinski definition) is 5. The van der Waals surface area contributed by atoms with E-state index in [-0.39, 0.29) is 11.9 Å². The van der Waals surface area contributed by atoms with E-state index in [0.717, 1.165) is 41.2 Å². The first-order valence-electron chi connectivity index (χ1n) is 6.16. The Labute approximate surface area is 121 Å². The van der Waals surface area contributed by atoms with Gasteiger partial charge in [-0.25, -0.2) is 9.97 Å². The van der Waals surface area contributed by atoms with Crippen LogP contribution in [0.15, 0.2) is 24.3 Å². The van der Waals surface area contributed by atoms with Gasteiger partial charge in [0.15, 0.2) is 0 Å². The van der Waals surface area contributed by atoms with Crippen molar-refractivity contribution in [3.05, 3.63) is 29.5 Å². The second-order valence-corrected chi connectivity index (χ2v) is 5.54. The Balaban J connectivity index is 1.96. The molecule has 0 aliphatic carbocycles. The van der Waals surface area contributed by atoms with Gasteiger partial charge in [-0.05, 0) is 35.9 Å². The quantitative estimate of drug-likeness (QED) is 0.608. The number of aromatic nitrogens is 2. The minimum absolute atomic E-state index is 0.257. The number of halogens is 1. The Morgan fingerprint density at radius 2 is 2.05 bits per heavy atom. The van der Waals surface area contributed by atoms with Gasteiger partial charge >= 0.3 is 0 Å². The van der Waals surface area contributed by atoms with Gasteiger partial charge in [-0.15, -0.1) is 0 Å². The van der Waals surface area contributed by atoms with Crippen LogP contribution in [-0.4, -0.2) is 39.7 Å². The lowest BCUT2D eigenvalue weighted by Gasteiger charge is -2.08. The highest BCUT2D eigenvalue weighted by Crippen LogP contribution is 2.21. The molecular weight excluding hydrogens is 282 g/mol. The van der Waals surface area contributed by atoms with Crippen LogP contribution in [0, 0.1) is 0 Å². The van der Waals surface area contributed by atoms with E-state index < -0.39 is 0 Å². The number of thioether (sulfide) groups is 1. The highest BCUT2D eigenvalue weighted by atomic mass is 35.5. The number of rotatable bonds is 7. The summed E-state index contributed by atoms with van der Waals surface area (Å²) in [6.07, 6.45) is 0.840. The van der Waals surface area contributed by atoms with E-state index in [4.69, 9.17) is 16.7 Å². The van der Waals surface area contributed by atoms with Crippen molar-refractivity contribution in [1.29, 1.82) is 0 Å². The summed E-state index contributed by atoms with van der Waals surface area (Å²) in [5, 5.41) is 13.2. The molecule has 1 heterocycles. The molecule has 6 heteroatoms. The monoisotopic (exact) mass is 297 g/mol. The standard InChI is InChI=1S/C13H16ClN3OS/c14-13-16-11-5-2-1-4-10(11)12(17-13)15-6-9-19-8-3-7-18/h1-2,4-5,18H,3,6-9H2,(H,15,16,17). The predicted molar refractivity (Wildman–Crippen MR) is 82.1 cm³/mol. The Morgan fingerprint density at radius 1 is 1.21 bits per heavy atom. The Morgan fingerprint density at radius 3 is 2.89 bits per heavy atom. The molecule has 0 radical (unpaired) electrons. The maximum Gasteiger partial charge on any atom is 0.224 e. The zero-order valence-corrected chi connectivity index (χ0v) is 12.0.